The van der Waals surface area contributed by atoms with Gasteiger partial charge in [0, 0.05) is 10.2 Å². The number of rotatable bonds is 3. The van der Waals surface area contributed by atoms with Crippen LogP contribution >= 0.6 is 15.9 Å². The first-order valence-corrected chi connectivity index (χ1v) is 7.49. The Morgan fingerprint density at radius 1 is 1.11 bits per heavy atom. The number of nitrogens with two attached hydrogens (primary N) is 1. The molecule has 4 nitrogen and oxygen atoms in total. The molecule has 0 fully saturated rings. The van der Waals surface area contributed by atoms with Gasteiger partial charge in [-0.3, -0.25) is 4.72 Å². The summed E-state index contributed by atoms with van der Waals surface area (Å²) in [6.45, 7) is 0. The summed E-state index contributed by atoms with van der Waals surface area (Å²) in [5.41, 5.74) is 5.48. The lowest BCUT2D eigenvalue weighted by Gasteiger charge is -2.09. The number of anilines is 2. The van der Waals surface area contributed by atoms with Crippen LogP contribution in [-0.2, 0) is 10.0 Å². The zero-order chi connectivity index (χ0) is 14.0. The van der Waals surface area contributed by atoms with E-state index < -0.39 is 15.8 Å². The highest BCUT2D eigenvalue weighted by Crippen LogP contribution is 2.22. The smallest absolute Gasteiger partial charge is 0.261 e. The summed E-state index contributed by atoms with van der Waals surface area (Å²) in [6, 6.07) is 9.77. The van der Waals surface area contributed by atoms with Gasteiger partial charge in [0.15, 0.2) is 0 Å². The number of hydrogen-bond donors (Lipinski definition) is 2. The largest absolute Gasteiger partial charge is 0.399 e. The maximum absolute atomic E-state index is 13.5. The fourth-order valence-electron chi connectivity index (χ4n) is 1.43. The molecule has 0 amide bonds. The van der Waals surface area contributed by atoms with E-state index in [2.05, 4.69) is 20.7 Å². The minimum absolute atomic E-state index is 0.0481. The first kappa shape index (κ1) is 13.8. The number of sulfonamides is 1. The average molecular weight is 345 g/mol. The molecule has 3 N–H and O–H groups in total. The zero-order valence-corrected chi connectivity index (χ0v) is 12.0. The molecule has 2 rings (SSSR count). The Kier molecular flexibility index (Phi) is 3.77. The van der Waals surface area contributed by atoms with E-state index >= 15 is 0 Å². The van der Waals surface area contributed by atoms with Crippen LogP contribution in [0.15, 0.2) is 51.8 Å². The number of nitrogen functional groups attached to an aromatic ring is 1. The number of benzene rings is 2. The molecule has 0 saturated carbocycles. The lowest BCUT2D eigenvalue weighted by molar-refractivity contribution is 0.598. The van der Waals surface area contributed by atoms with Gasteiger partial charge in [-0.15, -0.1) is 0 Å². The summed E-state index contributed by atoms with van der Waals surface area (Å²) in [5.74, 6) is -0.722. The van der Waals surface area contributed by atoms with E-state index in [1.165, 1.54) is 24.3 Å². The lowest BCUT2D eigenvalue weighted by Crippen LogP contribution is -2.14. The first-order chi connectivity index (χ1) is 8.88. The number of nitrogens with one attached hydrogen (secondary N) is 1. The van der Waals surface area contributed by atoms with Crippen LogP contribution in [0.2, 0.25) is 0 Å². The van der Waals surface area contributed by atoms with Crippen molar-refractivity contribution in [3.63, 3.8) is 0 Å². The number of hydrogen-bond acceptors (Lipinski definition) is 3. The molecular weight excluding hydrogens is 335 g/mol. The Labute approximate surface area is 118 Å². The molecule has 100 valence electrons. The highest BCUT2D eigenvalue weighted by molar-refractivity contribution is 9.10. The molecule has 19 heavy (non-hydrogen) atoms. The quantitative estimate of drug-likeness (QED) is 0.840. The monoisotopic (exact) mass is 344 g/mol. The minimum Gasteiger partial charge on any atom is -0.399 e. The van der Waals surface area contributed by atoms with Gasteiger partial charge in [-0.25, -0.2) is 12.8 Å². The summed E-state index contributed by atoms with van der Waals surface area (Å²) >= 11 is 3.21. The van der Waals surface area contributed by atoms with Crippen molar-refractivity contribution in [2.45, 2.75) is 4.90 Å². The van der Waals surface area contributed by atoms with E-state index in [0.29, 0.717) is 0 Å². The van der Waals surface area contributed by atoms with E-state index in [1.807, 2.05) is 0 Å². The van der Waals surface area contributed by atoms with Gasteiger partial charge >= 0.3 is 0 Å². The molecule has 0 unspecified atom stereocenters. The topological polar surface area (TPSA) is 72.2 Å². The third kappa shape index (κ3) is 3.24. The van der Waals surface area contributed by atoms with Crippen molar-refractivity contribution in [1.29, 1.82) is 0 Å². The Bertz CT molecular complexity index is 702. The maximum atomic E-state index is 13.5. The predicted octanol–water partition coefficient (Wildman–Crippen LogP) is 2.97. The van der Waals surface area contributed by atoms with E-state index in [1.54, 1.807) is 12.1 Å². The second-order valence-electron chi connectivity index (χ2n) is 3.80. The lowest BCUT2D eigenvalue weighted by atomic mass is 10.3. The van der Waals surface area contributed by atoms with Gasteiger partial charge in [-0.1, -0.05) is 15.9 Å². The van der Waals surface area contributed by atoms with Crippen LogP contribution in [0, 0.1) is 5.82 Å². The summed E-state index contributed by atoms with van der Waals surface area (Å²) in [4.78, 5) is 0.0481. The van der Waals surface area contributed by atoms with Crippen molar-refractivity contribution in [2.24, 2.45) is 0 Å². The van der Waals surface area contributed by atoms with Gasteiger partial charge in [0.05, 0.1) is 10.6 Å². The van der Waals surface area contributed by atoms with Crippen LogP contribution < -0.4 is 10.5 Å². The second-order valence-corrected chi connectivity index (χ2v) is 6.40. The van der Waals surface area contributed by atoms with Crippen LogP contribution in [0.3, 0.4) is 0 Å². The van der Waals surface area contributed by atoms with Crippen LogP contribution in [0.5, 0.6) is 0 Å². The van der Waals surface area contributed by atoms with Gasteiger partial charge < -0.3 is 5.73 Å². The van der Waals surface area contributed by atoms with Crippen molar-refractivity contribution in [1.82, 2.24) is 0 Å². The van der Waals surface area contributed by atoms with Crippen molar-refractivity contribution in [2.75, 3.05) is 10.5 Å². The zero-order valence-electron chi connectivity index (χ0n) is 9.60. The molecule has 0 aliphatic rings. The van der Waals surface area contributed by atoms with E-state index in [0.717, 1.165) is 10.5 Å². The van der Waals surface area contributed by atoms with Crippen LogP contribution in [-0.4, -0.2) is 8.42 Å². The molecule has 2 aromatic rings. The Morgan fingerprint density at radius 2 is 1.74 bits per heavy atom. The SMILES string of the molecule is Nc1ccc(NS(=O)(=O)c2ccc(Br)cc2)c(F)c1. The highest BCUT2D eigenvalue weighted by atomic mass is 79.9. The van der Waals surface area contributed by atoms with Gasteiger partial charge in [-0.2, -0.15) is 0 Å². The average Bonchev–Trinajstić information content (AvgIpc) is 2.33. The summed E-state index contributed by atoms with van der Waals surface area (Å²) in [7, 11) is -3.82. The van der Waals surface area contributed by atoms with Crippen LogP contribution in [0.1, 0.15) is 0 Å². The summed E-state index contributed by atoms with van der Waals surface area (Å²) in [6.07, 6.45) is 0. The first-order valence-electron chi connectivity index (χ1n) is 5.22. The van der Waals surface area contributed by atoms with Crippen molar-refractivity contribution >= 4 is 37.3 Å². The van der Waals surface area contributed by atoms with Crippen molar-refractivity contribution in [3.8, 4) is 0 Å². The molecule has 7 heteroatoms. The third-order valence-electron chi connectivity index (χ3n) is 2.36. The Balaban J connectivity index is 2.33. The fourth-order valence-corrected chi connectivity index (χ4v) is 2.76. The molecule has 0 aromatic heterocycles. The Hall–Kier alpha value is -1.60. The van der Waals surface area contributed by atoms with Crippen LogP contribution in [0.4, 0.5) is 15.8 Å². The molecule has 0 atom stereocenters. The fraction of sp³-hybridized carbons (Fsp3) is 0. The molecule has 0 heterocycles. The van der Waals surface area contributed by atoms with Gasteiger partial charge in [-0.05, 0) is 42.5 Å². The molecular formula is C12H10BrFN2O2S. The molecule has 0 spiro atoms. The molecule has 2 aromatic carbocycles. The standard InChI is InChI=1S/C12H10BrFN2O2S/c13-8-1-4-10(5-2-8)19(17,18)16-12-6-3-9(15)7-11(12)14/h1-7,16H,15H2. The molecule has 0 aliphatic carbocycles. The predicted molar refractivity (Wildman–Crippen MR) is 75.8 cm³/mol. The van der Waals surface area contributed by atoms with Gasteiger partial charge in [0.2, 0.25) is 0 Å². The highest BCUT2D eigenvalue weighted by Gasteiger charge is 2.16. The molecule has 0 aliphatic heterocycles. The van der Waals surface area contributed by atoms with Crippen LogP contribution in [0.25, 0.3) is 0 Å². The second kappa shape index (κ2) is 5.18. The Morgan fingerprint density at radius 3 is 2.32 bits per heavy atom. The third-order valence-corrected chi connectivity index (χ3v) is 4.27. The molecule has 0 radical (unpaired) electrons. The normalized spacial score (nSPS) is 11.3. The van der Waals surface area contributed by atoms with Crippen molar-refractivity contribution < 1.29 is 12.8 Å². The summed E-state index contributed by atoms with van der Waals surface area (Å²) in [5, 5.41) is 0. The van der Waals surface area contributed by atoms with Gasteiger partial charge in [0.1, 0.15) is 5.82 Å². The maximum Gasteiger partial charge on any atom is 0.261 e. The van der Waals surface area contributed by atoms with E-state index in [9.17, 15) is 12.8 Å². The van der Waals surface area contributed by atoms with Gasteiger partial charge in [0.25, 0.3) is 10.0 Å². The number of halogens is 2. The van der Waals surface area contributed by atoms with E-state index in [4.69, 9.17) is 5.73 Å². The van der Waals surface area contributed by atoms with E-state index in [-0.39, 0.29) is 16.3 Å². The summed E-state index contributed by atoms with van der Waals surface area (Å²) < 4.78 is 40.5. The van der Waals surface area contributed by atoms with Crippen molar-refractivity contribution in [3.05, 3.63) is 52.8 Å². The minimum atomic E-state index is -3.82. The molecule has 0 bridgehead atoms. The molecule has 0 saturated heterocycles.